The number of rotatable bonds is 4. The molecule has 1 rings (SSSR count). The predicted octanol–water partition coefficient (Wildman–Crippen LogP) is 3.15. The number of aromatic amines is 1. The summed E-state index contributed by atoms with van der Waals surface area (Å²) < 4.78 is 0. The zero-order valence-electron chi connectivity index (χ0n) is 8.47. The Labute approximate surface area is 88.3 Å². The molecule has 0 saturated carbocycles. The smallest absolute Gasteiger partial charge is 0.107 e. The van der Waals surface area contributed by atoms with E-state index in [1.165, 1.54) is 6.42 Å². The van der Waals surface area contributed by atoms with Crippen LogP contribution in [0.4, 0.5) is 0 Å². The second-order valence-electron chi connectivity index (χ2n) is 4.05. The van der Waals surface area contributed by atoms with Crippen molar-refractivity contribution in [1.29, 1.82) is 0 Å². The molecular formula is C10H17BrN2. The Hall–Kier alpha value is -0.310. The molecule has 0 aromatic carbocycles. The Bertz CT molecular complexity index is 241. The van der Waals surface area contributed by atoms with E-state index in [4.69, 9.17) is 0 Å². The van der Waals surface area contributed by atoms with Gasteiger partial charge in [0.1, 0.15) is 5.82 Å². The largest absolute Gasteiger partial charge is 0.349 e. The van der Waals surface area contributed by atoms with E-state index in [-0.39, 0.29) is 0 Å². The molecule has 1 atom stereocenters. The van der Waals surface area contributed by atoms with Gasteiger partial charge < -0.3 is 4.98 Å². The number of nitrogens with zero attached hydrogens (tertiary/aromatic N) is 1. The molecule has 1 heterocycles. The van der Waals surface area contributed by atoms with Crippen molar-refractivity contribution < 1.29 is 0 Å². The van der Waals surface area contributed by atoms with Gasteiger partial charge in [-0.05, 0) is 11.8 Å². The van der Waals surface area contributed by atoms with Crippen molar-refractivity contribution >= 4 is 15.9 Å². The molecule has 0 amide bonds. The topological polar surface area (TPSA) is 28.7 Å². The fraction of sp³-hybridized carbons (Fsp3) is 0.700. The number of nitrogens with one attached hydrogen (secondary N) is 1. The van der Waals surface area contributed by atoms with Crippen LogP contribution in [-0.4, -0.2) is 14.8 Å². The van der Waals surface area contributed by atoms with Crippen LogP contribution >= 0.6 is 15.9 Å². The molecule has 0 aliphatic carbocycles. The number of halogens is 1. The van der Waals surface area contributed by atoms with Crippen LogP contribution in [0.3, 0.4) is 0 Å². The SMILES string of the molecule is CCC(C)(C)C(Br)Cc1ncc[nH]1. The van der Waals surface area contributed by atoms with E-state index >= 15 is 0 Å². The van der Waals surface area contributed by atoms with Gasteiger partial charge in [0, 0.05) is 23.6 Å². The number of hydrogen-bond donors (Lipinski definition) is 1. The standard InChI is InChI=1S/C10H17BrN2/c1-4-10(2,3)8(11)7-9-12-5-6-13-9/h5-6,8H,4,7H2,1-3H3,(H,12,13). The summed E-state index contributed by atoms with van der Waals surface area (Å²) in [5.41, 5.74) is 0.326. The molecule has 1 aromatic heterocycles. The molecule has 2 nitrogen and oxygen atoms in total. The summed E-state index contributed by atoms with van der Waals surface area (Å²) in [6, 6.07) is 0. The quantitative estimate of drug-likeness (QED) is 0.811. The van der Waals surface area contributed by atoms with Crippen molar-refractivity contribution in [3.05, 3.63) is 18.2 Å². The first-order valence-corrected chi connectivity index (χ1v) is 5.60. The molecule has 13 heavy (non-hydrogen) atoms. The predicted molar refractivity (Wildman–Crippen MR) is 59.1 cm³/mol. The fourth-order valence-electron chi connectivity index (χ4n) is 1.08. The van der Waals surface area contributed by atoms with Crippen LogP contribution in [0.2, 0.25) is 0 Å². The first-order chi connectivity index (χ1) is 6.06. The molecule has 3 heteroatoms. The lowest BCUT2D eigenvalue weighted by molar-refractivity contribution is 0.337. The molecule has 74 valence electrons. The third kappa shape index (κ3) is 2.83. The van der Waals surface area contributed by atoms with Gasteiger partial charge in [0.2, 0.25) is 0 Å². The first-order valence-electron chi connectivity index (χ1n) is 4.68. The Kier molecular flexibility index (Phi) is 3.54. The van der Waals surface area contributed by atoms with Crippen molar-refractivity contribution in [2.24, 2.45) is 5.41 Å². The van der Waals surface area contributed by atoms with Crippen LogP contribution < -0.4 is 0 Å². The number of H-pyrrole nitrogens is 1. The maximum Gasteiger partial charge on any atom is 0.107 e. The molecule has 0 saturated heterocycles. The van der Waals surface area contributed by atoms with Crippen molar-refractivity contribution in [2.75, 3.05) is 0 Å². The zero-order valence-corrected chi connectivity index (χ0v) is 10.1. The van der Waals surface area contributed by atoms with E-state index in [0.29, 0.717) is 10.2 Å². The van der Waals surface area contributed by atoms with Gasteiger partial charge >= 0.3 is 0 Å². The van der Waals surface area contributed by atoms with E-state index in [1.807, 2.05) is 6.20 Å². The highest BCUT2D eigenvalue weighted by Gasteiger charge is 2.25. The Morgan fingerprint density at radius 3 is 2.77 bits per heavy atom. The molecule has 1 unspecified atom stereocenters. The van der Waals surface area contributed by atoms with Gasteiger partial charge in [-0.25, -0.2) is 4.98 Å². The maximum absolute atomic E-state index is 4.22. The third-order valence-corrected chi connectivity index (χ3v) is 4.25. The summed E-state index contributed by atoms with van der Waals surface area (Å²) in [7, 11) is 0. The minimum Gasteiger partial charge on any atom is -0.349 e. The van der Waals surface area contributed by atoms with E-state index in [0.717, 1.165) is 12.2 Å². The van der Waals surface area contributed by atoms with Crippen molar-refractivity contribution in [2.45, 2.75) is 38.4 Å². The number of alkyl halides is 1. The fourth-order valence-corrected chi connectivity index (χ4v) is 1.71. The van der Waals surface area contributed by atoms with E-state index in [1.54, 1.807) is 6.20 Å². The van der Waals surface area contributed by atoms with Gasteiger partial charge in [0.25, 0.3) is 0 Å². The summed E-state index contributed by atoms with van der Waals surface area (Å²) in [6.45, 7) is 6.76. The maximum atomic E-state index is 4.22. The molecule has 0 fully saturated rings. The molecule has 1 aromatic rings. The molecule has 0 spiro atoms. The lowest BCUT2D eigenvalue weighted by Crippen LogP contribution is -2.25. The Morgan fingerprint density at radius 2 is 2.31 bits per heavy atom. The lowest BCUT2D eigenvalue weighted by atomic mass is 9.85. The Morgan fingerprint density at radius 1 is 1.62 bits per heavy atom. The molecule has 0 bridgehead atoms. The summed E-state index contributed by atoms with van der Waals surface area (Å²) >= 11 is 3.72. The van der Waals surface area contributed by atoms with Gasteiger partial charge in [-0.3, -0.25) is 0 Å². The van der Waals surface area contributed by atoms with E-state index in [9.17, 15) is 0 Å². The van der Waals surface area contributed by atoms with Gasteiger partial charge in [-0.2, -0.15) is 0 Å². The van der Waals surface area contributed by atoms with Crippen molar-refractivity contribution in [1.82, 2.24) is 9.97 Å². The zero-order chi connectivity index (χ0) is 9.90. The highest BCUT2D eigenvalue weighted by molar-refractivity contribution is 9.09. The van der Waals surface area contributed by atoms with Crippen LogP contribution in [0.25, 0.3) is 0 Å². The minimum atomic E-state index is 0.326. The second kappa shape index (κ2) is 4.27. The van der Waals surface area contributed by atoms with Crippen LogP contribution in [0.15, 0.2) is 12.4 Å². The molecule has 0 radical (unpaired) electrons. The summed E-state index contributed by atoms with van der Waals surface area (Å²) in [5, 5.41) is 0. The number of aromatic nitrogens is 2. The summed E-state index contributed by atoms with van der Waals surface area (Å²) in [4.78, 5) is 7.82. The number of hydrogen-bond acceptors (Lipinski definition) is 1. The van der Waals surface area contributed by atoms with E-state index in [2.05, 4.69) is 46.7 Å². The third-order valence-electron chi connectivity index (χ3n) is 2.69. The normalized spacial score (nSPS) is 14.5. The van der Waals surface area contributed by atoms with Crippen molar-refractivity contribution in [3.63, 3.8) is 0 Å². The monoisotopic (exact) mass is 244 g/mol. The highest BCUT2D eigenvalue weighted by atomic mass is 79.9. The molecule has 0 aliphatic rings. The summed E-state index contributed by atoms with van der Waals surface area (Å²) in [5.74, 6) is 1.06. The van der Waals surface area contributed by atoms with Crippen LogP contribution in [0.1, 0.15) is 33.0 Å². The average molecular weight is 245 g/mol. The highest BCUT2D eigenvalue weighted by Crippen LogP contribution is 2.32. The van der Waals surface area contributed by atoms with E-state index < -0.39 is 0 Å². The lowest BCUT2D eigenvalue weighted by Gasteiger charge is -2.28. The molecule has 0 aliphatic heterocycles. The van der Waals surface area contributed by atoms with Crippen molar-refractivity contribution in [3.8, 4) is 0 Å². The minimum absolute atomic E-state index is 0.326. The number of imidazole rings is 1. The Balaban J connectivity index is 2.55. The van der Waals surface area contributed by atoms with Gasteiger partial charge in [-0.15, -0.1) is 0 Å². The molecular weight excluding hydrogens is 228 g/mol. The van der Waals surface area contributed by atoms with Crippen LogP contribution in [0, 0.1) is 5.41 Å². The first kappa shape index (κ1) is 10.8. The van der Waals surface area contributed by atoms with Gasteiger partial charge in [0.15, 0.2) is 0 Å². The van der Waals surface area contributed by atoms with Gasteiger partial charge in [0.05, 0.1) is 0 Å². The summed E-state index contributed by atoms with van der Waals surface area (Å²) in [6.07, 6.45) is 5.81. The second-order valence-corrected chi connectivity index (χ2v) is 5.15. The van der Waals surface area contributed by atoms with Crippen LogP contribution in [-0.2, 0) is 6.42 Å². The van der Waals surface area contributed by atoms with Gasteiger partial charge in [-0.1, -0.05) is 36.7 Å². The molecule has 1 N–H and O–H groups in total. The average Bonchev–Trinajstić information content (AvgIpc) is 2.57. The van der Waals surface area contributed by atoms with Crippen LogP contribution in [0.5, 0.6) is 0 Å².